The van der Waals surface area contributed by atoms with E-state index < -0.39 is 29.7 Å². The summed E-state index contributed by atoms with van der Waals surface area (Å²) < 4.78 is 5.85. The molecule has 1 atom stereocenters. The number of rotatable bonds is 7. The molecule has 1 aromatic rings. The van der Waals surface area contributed by atoms with Crippen molar-refractivity contribution in [3.63, 3.8) is 0 Å². The number of hydrogen-bond acceptors (Lipinski definition) is 7. The Bertz CT molecular complexity index is 865. The van der Waals surface area contributed by atoms with Crippen molar-refractivity contribution >= 4 is 23.6 Å². The quantitative estimate of drug-likeness (QED) is 0.483. The first kappa shape index (κ1) is 20.5. The van der Waals surface area contributed by atoms with Crippen LogP contribution >= 0.6 is 0 Å². The van der Waals surface area contributed by atoms with Gasteiger partial charge in [0, 0.05) is 32.6 Å². The smallest absolute Gasteiger partial charge is 0.266 e. The highest BCUT2D eigenvalue weighted by atomic mass is 16.5. The molecule has 3 heterocycles. The van der Waals surface area contributed by atoms with E-state index in [-0.39, 0.29) is 24.0 Å². The monoisotopic (exact) mass is 414 g/mol. The second-order valence-electron chi connectivity index (χ2n) is 7.77. The normalized spacial score (nSPS) is 22.3. The number of piperazine rings is 1. The molecule has 2 fully saturated rings. The van der Waals surface area contributed by atoms with Gasteiger partial charge in [-0.2, -0.15) is 0 Å². The molecule has 4 rings (SSSR count). The number of benzene rings is 1. The maximum atomic E-state index is 13.0. The number of carbonyl (C=O) groups is 4. The maximum absolute atomic E-state index is 13.0. The molecule has 2 saturated heterocycles. The number of nitrogens with zero attached hydrogens (tertiary/aromatic N) is 2. The minimum absolute atomic E-state index is 0.0975. The standard InChI is InChI=1S/C21H26N4O5/c26-17-7-6-15(19(27)23-17)25-20(28)14-4-3-5-16(18(14)21(25)29)30-13-2-1-10-24-11-8-22-9-12-24/h3-5,15,22H,1-2,6-13H2,(H,23,26,27). The third kappa shape index (κ3) is 4.08. The van der Waals surface area contributed by atoms with Crippen LogP contribution in [-0.2, 0) is 9.59 Å². The Morgan fingerprint density at radius 3 is 2.60 bits per heavy atom. The van der Waals surface area contributed by atoms with E-state index in [4.69, 9.17) is 4.74 Å². The highest BCUT2D eigenvalue weighted by molar-refractivity contribution is 6.24. The van der Waals surface area contributed by atoms with E-state index in [9.17, 15) is 19.2 Å². The lowest BCUT2D eigenvalue weighted by Gasteiger charge is -2.27. The van der Waals surface area contributed by atoms with Crippen LogP contribution < -0.4 is 15.4 Å². The van der Waals surface area contributed by atoms with Gasteiger partial charge in [-0.25, -0.2) is 0 Å². The van der Waals surface area contributed by atoms with Crippen LogP contribution in [0.2, 0.25) is 0 Å². The molecule has 0 aliphatic carbocycles. The fourth-order valence-electron chi connectivity index (χ4n) is 4.16. The van der Waals surface area contributed by atoms with Gasteiger partial charge >= 0.3 is 0 Å². The van der Waals surface area contributed by atoms with Crippen LogP contribution in [0.15, 0.2) is 18.2 Å². The lowest BCUT2D eigenvalue weighted by Crippen LogP contribution is -2.54. The topological polar surface area (TPSA) is 108 Å². The Labute approximate surface area is 174 Å². The largest absolute Gasteiger partial charge is 0.493 e. The summed E-state index contributed by atoms with van der Waals surface area (Å²) in [6.07, 6.45) is 2.06. The summed E-state index contributed by atoms with van der Waals surface area (Å²) in [5, 5.41) is 5.53. The van der Waals surface area contributed by atoms with Crippen LogP contribution in [0.25, 0.3) is 0 Å². The van der Waals surface area contributed by atoms with Crippen LogP contribution in [0.3, 0.4) is 0 Å². The number of amides is 4. The number of fused-ring (bicyclic) bond motifs is 1. The summed E-state index contributed by atoms with van der Waals surface area (Å²) in [4.78, 5) is 52.8. The Morgan fingerprint density at radius 1 is 1.03 bits per heavy atom. The van der Waals surface area contributed by atoms with Crippen molar-refractivity contribution in [3.8, 4) is 5.75 Å². The van der Waals surface area contributed by atoms with Crippen LogP contribution in [0, 0.1) is 0 Å². The van der Waals surface area contributed by atoms with Gasteiger partial charge in [-0.05, 0) is 37.9 Å². The lowest BCUT2D eigenvalue weighted by atomic mass is 10.0. The number of piperidine rings is 1. The maximum Gasteiger partial charge on any atom is 0.266 e. The first-order valence-corrected chi connectivity index (χ1v) is 10.5. The van der Waals surface area contributed by atoms with Crippen LogP contribution in [0.4, 0.5) is 0 Å². The first-order valence-electron chi connectivity index (χ1n) is 10.5. The summed E-state index contributed by atoms with van der Waals surface area (Å²) in [5.41, 5.74) is 0.442. The predicted octanol–water partition coefficient (Wildman–Crippen LogP) is 0.152. The summed E-state index contributed by atoms with van der Waals surface area (Å²) >= 11 is 0. The Hall–Kier alpha value is -2.78. The van der Waals surface area contributed by atoms with Crippen molar-refractivity contribution in [2.45, 2.75) is 31.7 Å². The van der Waals surface area contributed by atoms with Crippen molar-refractivity contribution in [2.24, 2.45) is 0 Å². The second-order valence-corrected chi connectivity index (χ2v) is 7.77. The molecule has 30 heavy (non-hydrogen) atoms. The molecule has 9 nitrogen and oxygen atoms in total. The van der Waals surface area contributed by atoms with Crippen molar-refractivity contribution in [2.75, 3.05) is 39.3 Å². The molecule has 160 valence electrons. The highest BCUT2D eigenvalue weighted by Gasteiger charge is 2.45. The zero-order valence-electron chi connectivity index (χ0n) is 16.8. The van der Waals surface area contributed by atoms with Gasteiger partial charge in [0.2, 0.25) is 11.8 Å². The molecule has 3 aliphatic heterocycles. The highest BCUT2D eigenvalue weighted by Crippen LogP contribution is 2.33. The molecule has 0 radical (unpaired) electrons. The van der Waals surface area contributed by atoms with Crippen molar-refractivity contribution in [1.29, 1.82) is 0 Å². The molecule has 2 N–H and O–H groups in total. The lowest BCUT2D eigenvalue weighted by molar-refractivity contribution is -0.136. The molecule has 1 aromatic carbocycles. The van der Waals surface area contributed by atoms with Crippen LogP contribution in [-0.4, -0.2) is 78.8 Å². The van der Waals surface area contributed by atoms with Crippen LogP contribution in [0.1, 0.15) is 46.4 Å². The number of ether oxygens (including phenoxy) is 1. The van der Waals surface area contributed by atoms with Gasteiger partial charge < -0.3 is 15.0 Å². The zero-order valence-corrected chi connectivity index (χ0v) is 16.8. The number of carbonyl (C=O) groups excluding carboxylic acids is 4. The average Bonchev–Trinajstić information content (AvgIpc) is 3.00. The van der Waals surface area contributed by atoms with E-state index in [1.165, 1.54) is 0 Å². The van der Waals surface area contributed by atoms with Gasteiger partial charge in [0.15, 0.2) is 0 Å². The van der Waals surface area contributed by atoms with Gasteiger partial charge in [-0.15, -0.1) is 0 Å². The Kier molecular flexibility index (Phi) is 6.10. The van der Waals surface area contributed by atoms with Gasteiger partial charge in [0.25, 0.3) is 11.8 Å². The third-order valence-electron chi connectivity index (χ3n) is 5.77. The summed E-state index contributed by atoms with van der Waals surface area (Å²) in [6, 6.07) is 3.95. The zero-order chi connectivity index (χ0) is 21.1. The Morgan fingerprint density at radius 2 is 1.83 bits per heavy atom. The van der Waals surface area contributed by atoms with E-state index in [2.05, 4.69) is 15.5 Å². The second kappa shape index (κ2) is 8.93. The van der Waals surface area contributed by atoms with E-state index in [1.807, 2.05) is 0 Å². The molecule has 0 aromatic heterocycles. The predicted molar refractivity (Wildman–Crippen MR) is 107 cm³/mol. The number of unbranched alkanes of at least 4 members (excludes halogenated alkanes) is 1. The van der Waals surface area contributed by atoms with Crippen LogP contribution in [0.5, 0.6) is 5.75 Å². The number of nitrogens with one attached hydrogen (secondary N) is 2. The third-order valence-corrected chi connectivity index (χ3v) is 5.77. The molecular weight excluding hydrogens is 388 g/mol. The number of imide groups is 2. The number of hydrogen-bond donors (Lipinski definition) is 2. The van der Waals surface area contributed by atoms with Crippen molar-refractivity contribution in [1.82, 2.24) is 20.4 Å². The SMILES string of the molecule is O=C1CCC(N2C(=O)c3cccc(OCCCCN4CCNCC4)c3C2=O)C(=O)N1. The van der Waals surface area contributed by atoms with Crippen molar-refractivity contribution in [3.05, 3.63) is 29.3 Å². The molecule has 4 amide bonds. The summed E-state index contributed by atoms with van der Waals surface area (Å²) in [7, 11) is 0. The molecular formula is C21H26N4O5. The van der Waals surface area contributed by atoms with E-state index in [0.29, 0.717) is 12.4 Å². The van der Waals surface area contributed by atoms with Gasteiger partial charge in [0.05, 0.1) is 17.7 Å². The average molecular weight is 414 g/mol. The van der Waals surface area contributed by atoms with E-state index >= 15 is 0 Å². The molecule has 9 heteroatoms. The first-order chi connectivity index (χ1) is 14.6. The van der Waals surface area contributed by atoms with E-state index in [1.54, 1.807) is 18.2 Å². The molecule has 0 spiro atoms. The Balaban J connectivity index is 1.38. The minimum atomic E-state index is -0.970. The van der Waals surface area contributed by atoms with Gasteiger partial charge in [-0.3, -0.25) is 29.4 Å². The fraction of sp³-hybridized carbons (Fsp3) is 0.524. The van der Waals surface area contributed by atoms with Gasteiger partial charge in [-0.1, -0.05) is 6.07 Å². The van der Waals surface area contributed by atoms with Crippen molar-refractivity contribution < 1.29 is 23.9 Å². The van der Waals surface area contributed by atoms with Gasteiger partial charge in [0.1, 0.15) is 11.8 Å². The minimum Gasteiger partial charge on any atom is -0.493 e. The molecule has 3 aliphatic rings. The molecule has 0 saturated carbocycles. The molecule has 1 unspecified atom stereocenters. The summed E-state index contributed by atoms with van der Waals surface area (Å²) in [5.74, 6) is -1.70. The molecule has 0 bridgehead atoms. The summed E-state index contributed by atoms with van der Waals surface area (Å²) in [6.45, 7) is 5.61. The van der Waals surface area contributed by atoms with E-state index in [0.717, 1.165) is 50.5 Å². The fourth-order valence-corrected chi connectivity index (χ4v) is 4.16.